The van der Waals surface area contributed by atoms with Gasteiger partial charge in [0.05, 0.1) is 5.69 Å². The van der Waals surface area contributed by atoms with Gasteiger partial charge in [0.15, 0.2) is 0 Å². The molecule has 1 N–H and O–H groups in total. The number of rotatable bonds is 1. The lowest BCUT2D eigenvalue weighted by Gasteiger charge is -2.04. The number of amides is 1. The van der Waals surface area contributed by atoms with Crippen LogP contribution >= 0.6 is 11.6 Å². The fourth-order valence-corrected chi connectivity index (χ4v) is 2.63. The standard InChI is InChI=1S/C17H14ClNO/c1-10-3-4-12(11(2)7-10)8-15-14-6-5-13(18)9-16(14)19-17(15)20/h3-9H,1-2H3,(H,19,20)/b15-8+. The molecule has 0 unspecified atom stereocenters. The van der Waals surface area contributed by atoms with Gasteiger partial charge in [0.1, 0.15) is 0 Å². The molecule has 1 heterocycles. The highest BCUT2D eigenvalue weighted by Gasteiger charge is 2.24. The Morgan fingerprint density at radius 2 is 1.90 bits per heavy atom. The first kappa shape index (κ1) is 12.9. The molecule has 1 aliphatic rings. The van der Waals surface area contributed by atoms with Crippen LogP contribution in [0.2, 0.25) is 5.02 Å². The van der Waals surface area contributed by atoms with E-state index in [1.54, 1.807) is 12.1 Å². The van der Waals surface area contributed by atoms with Crippen molar-refractivity contribution < 1.29 is 4.79 Å². The van der Waals surface area contributed by atoms with Crippen molar-refractivity contribution in [3.63, 3.8) is 0 Å². The summed E-state index contributed by atoms with van der Waals surface area (Å²) in [6, 6.07) is 11.7. The predicted molar refractivity (Wildman–Crippen MR) is 83.9 cm³/mol. The largest absolute Gasteiger partial charge is 0.321 e. The second-order valence-electron chi connectivity index (χ2n) is 5.06. The van der Waals surface area contributed by atoms with Gasteiger partial charge in [-0.1, -0.05) is 41.4 Å². The van der Waals surface area contributed by atoms with Gasteiger partial charge in [0.25, 0.3) is 5.91 Å². The third-order valence-corrected chi connectivity index (χ3v) is 3.72. The molecule has 2 nitrogen and oxygen atoms in total. The summed E-state index contributed by atoms with van der Waals surface area (Å²) in [6.07, 6.45) is 1.93. The summed E-state index contributed by atoms with van der Waals surface area (Å²) in [7, 11) is 0. The minimum atomic E-state index is -0.0813. The maximum absolute atomic E-state index is 12.1. The van der Waals surface area contributed by atoms with Crippen molar-refractivity contribution >= 4 is 34.8 Å². The van der Waals surface area contributed by atoms with E-state index >= 15 is 0 Å². The van der Waals surface area contributed by atoms with E-state index in [1.807, 2.05) is 18.2 Å². The molecule has 0 spiro atoms. The zero-order chi connectivity index (χ0) is 14.3. The average molecular weight is 284 g/mol. The summed E-state index contributed by atoms with van der Waals surface area (Å²) in [5.41, 5.74) is 5.80. The van der Waals surface area contributed by atoms with Gasteiger partial charge in [-0.3, -0.25) is 4.79 Å². The van der Waals surface area contributed by atoms with Crippen molar-refractivity contribution in [2.75, 3.05) is 5.32 Å². The van der Waals surface area contributed by atoms with Gasteiger partial charge >= 0.3 is 0 Å². The number of hydrogen-bond acceptors (Lipinski definition) is 1. The number of hydrogen-bond donors (Lipinski definition) is 1. The summed E-state index contributed by atoms with van der Waals surface area (Å²) in [5, 5.41) is 3.47. The number of nitrogens with one attached hydrogen (secondary N) is 1. The van der Waals surface area contributed by atoms with E-state index in [9.17, 15) is 4.79 Å². The van der Waals surface area contributed by atoms with E-state index in [0.29, 0.717) is 10.6 Å². The third-order valence-electron chi connectivity index (χ3n) is 3.49. The van der Waals surface area contributed by atoms with Crippen molar-refractivity contribution in [2.45, 2.75) is 13.8 Å². The highest BCUT2D eigenvalue weighted by Crippen LogP contribution is 2.35. The first-order valence-corrected chi connectivity index (χ1v) is 6.82. The fraction of sp³-hybridized carbons (Fsp3) is 0.118. The Hall–Kier alpha value is -2.06. The topological polar surface area (TPSA) is 29.1 Å². The van der Waals surface area contributed by atoms with Crippen LogP contribution in [0.4, 0.5) is 5.69 Å². The lowest BCUT2D eigenvalue weighted by molar-refractivity contribution is -0.110. The Balaban J connectivity index is 2.11. The van der Waals surface area contributed by atoms with Gasteiger partial charge < -0.3 is 5.32 Å². The maximum atomic E-state index is 12.1. The molecule has 3 heteroatoms. The average Bonchev–Trinajstić information content (AvgIpc) is 2.68. The lowest BCUT2D eigenvalue weighted by Crippen LogP contribution is -2.03. The molecule has 20 heavy (non-hydrogen) atoms. The zero-order valence-electron chi connectivity index (χ0n) is 11.3. The summed E-state index contributed by atoms with van der Waals surface area (Å²) in [6.45, 7) is 4.11. The van der Waals surface area contributed by atoms with Crippen LogP contribution in [0.25, 0.3) is 11.6 Å². The molecule has 2 aromatic rings. The van der Waals surface area contributed by atoms with E-state index in [0.717, 1.165) is 22.4 Å². The number of carbonyl (C=O) groups excluding carboxylic acids is 1. The number of anilines is 1. The first-order valence-electron chi connectivity index (χ1n) is 6.45. The molecular formula is C17H14ClNO. The Labute approximate surface area is 123 Å². The van der Waals surface area contributed by atoms with Crippen molar-refractivity contribution in [2.24, 2.45) is 0 Å². The van der Waals surface area contributed by atoms with Crippen LogP contribution in [0.15, 0.2) is 36.4 Å². The van der Waals surface area contributed by atoms with Crippen molar-refractivity contribution in [3.05, 3.63) is 63.7 Å². The van der Waals surface area contributed by atoms with E-state index in [1.165, 1.54) is 5.56 Å². The van der Waals surface area contributed by atoms with E-state index in [-0.39, 0.29) is 5.91 Å². The molecule has 0 radical (unpaired) electrons. The van der Waals surface area contributed by atoms with Gasteiger partial charge in [-0.2, -0.15) is 0 Å². The van der Waals surface area contributed by atoms with Crippen LogP contribution in [0.1, 0.15) is 22.3 Å². The lowest BCUT2D eigenvalue weighted by atomic mass is 10.00. The van der Waals surface area contributed by atoms with E-state index < -0.39 is 0 Å². The molecule has 2 aromatic carbocycles. The summed E-state index contributed by atoms with van der Waals surface area (Å²) >= 11 is 5.95. The smallest absolute Gasteiger partial charge is 0.256 e. The predicted octanol–water partition coefficient (Wildman–Crippen LogP) is 4.45. The maximum Gasteiger partial charge on any atom is 0.256 e. The van der Waals surface area contributed by atoms with Crippen LogP contribution in [-0.4, -0.2) is 5.91 Å². The number of benzene rings is 2. The summed E-state index contributed by atoms with van der Waals surface area (Å²) < 4.78 is 0. The summed E-state index contributed by atoms with van der Waals surface area (Å²) in [5.74, 6) is -0.0813. The molecule has 0 bridgehead atoms. The van der Waals surface area contributed by atoms with E-state index in [4.69, 9.17) is 11.6 Å². The Bertz CT molecular complexity index is 747. The molecule has 0 aromatic heterocycles. The molecule has 0 fully saturated rings. The number of carbonyl (C=O) groups is 1. The van der Waals surface area contributed by atoms with Crippen molar-refractivity contribution in [3.8, 4) is 0 Å². The molecule has 3 rings (SSSR count). The normalized spacial score (nSPS) is 15.3. The van der Waals surface area contributed by atoms with Crippen molar-refractivity contribution in [1.82, 2.24) is 0 Å². The van der Waals surface area contributed by atoms with Gasteiger partial charge in [0.2, 0.25) is 0 Å². The molecule has 1 aliphatic heterocycles. The quantitative estimate of drug-likeness (QED) is 0.770. The van der Waals surface area contributed by atoms with Gasteiger partial charge in [0, 0.05) is 16.2 Å². The highest BCUT2D eigenvalue weighted by molar-refractivity contribution is 6.36. The van der Waals surface area contributed by atoms with Crippen molar-refractivity contribution in [1.29, 1.82) is 0 Å². The molecule has 100 valence electrons. The van der Waals surface area contributed by atoms with Crippen LogP contribution in [0.3, 0.4) is 0 Å². The van der Waals surface area contributed by atoms with Gasteiger partial charge in [-0.15, -0.1) is 0 Å². The summed E-state index contributed by atoms with van der Waals surface area (Å²) in [4.78, 5) is 12.1. The SMILES string of the molecule is Cc1ccc(/C=C2/C(=O)Nc3cc(Cl)ccc32)c(C)c1. The Kier molecular flexibility index (Phi) is 3.11. The first-order chi connectivity index (χ1) is 9.54. The number of halogens is 1. The Morgan fingerprint density at radius 1 is 1.10 bits per heavy atom. The minimum absolute atomic E-state index is 0.0813. The zero-order valence-corrected chi connectivity index (χ0v) is 12.1. The number of aryl methyl sites for hydroxylation is 2. The van der Waals surface area contributed by atoms with Gasteiger partial charge in [-0.05, 0) is 43.2 Å². The number of fused-ring (bicyclic) bond motifs is 1. The monoisotopic (exact) mass is 283 g/mol. The minimum Gasteiger partial charge on any atom is -0.321 e. The second-order valence-corrected chi connectivity index (χ2v) is 5.50. The van der Waals surface area contributed by atoms with Crippen LogP contribution in [0.5, 0.6) is 0 Å². The van der Waals surface area contributed by atoms with Crippen LogP contribution < -0.4 is 5.32 Å². The van der Waals surface area contributed by atoms with Crippen LogP contribution in [-0.2, 0) is 4.79 Å². The molecule has 0 atom stereocenters. The van der Waals surface area contributed by atoms with E-state index in [2.05, 4.69) is 31.3 Å². The molecule has 1 amide bonds. The molecule has 0 saturated heterocycles. The molecular weight excluding hydrogens is 270 g/mol. The Morgan fingerprint density at radius 3 is 2.65 bits per heavy atom. The highest BCUT2D eigenvalue weighted by atomic mass is 35.5. The van der Waals surface area contributed by atoms with Crippen LogP contribution in [0, 0.1) is 13.8 Å². The third kappa shape index (κ3) is 2.23. The van der Waals surface area contributed by atoms with Gasteiger partial charge in [-0.25, -0.2) is 0 Å². The second kappa shape index (κ2) is 4.80. The fourth-order valence-electron chi connectivity index (χ4n) is 2.45. The molecule has 0 saturated carbocycles. The molecule has 0 aliphatic carbocycles.